The molecule has 27 heavy (non-hydrogen) atoms. The third-order valence-corrected chi connectivity index (χ3v) is 7.10. The van der Waals surface area contributed by atoms with Crippen LogP contribution in [-0.2, 0) is 9.84 Å². The van der Waals surface area contributed by atoms with E-state index >= 15 is 4.39 Å². The smallest absolute Gasteiger partial charge is 0.206 e. The number of hydrogen-bond donors (Lipinski definition) is 1. The lowest BCUT2D eigenvalue weighted by molar-refractivity contribution is 0.107. The van der Waals surface area contributed by atoms with Crippen LogP contribution in [0, 0.1) is 0 Å². The van der Waals surface area contributed by atoms with Gasteiger partial charge in [0.05, 0.1) is 28.1 Å². The second-order valence-electron chi connectivity index (χ2n) is 7.25. The van der Waals surface area contributed by atoms with Crippen LogP contribution >= 0.6 is 0 Å². The van der Waals surface area contributed by atoms with Crippen LogP contribution in [0.1, 0.15) is 13.3 Å². The van der Waals surface area contributed by atoms with Crippen LogP contribution in [0.3, 0.4) is 0 Å². The van der Waals surface area contributed by atoms with Crippen LogP contribution in [0.4, 0.5) is 10.1 Å². The van der Waals surface area contributed by atoms with Crippen molar-refractivity contribution in [1.82, 2.24) is 5.32 Å². The Labute approximate surface area is 159 Å². The van der Waals surface area contributed by atoms with E-state index in [0.29, 0.717) is 31.9 Å². The van der Waals surface area contributed by atoms with Crippen molar-refractivity contribution in [2.24, 2.45) is 0 Å². The van der Waals surface area contributed by atoms with Gasteiger partial charge in [0.2, 0.25) is 9.84 Å². The van der Waals surface area contributed by atoms with Gasteiger partial charge in [-0.3, -0.25) is 0 Å². The molecular weight excluding hydrogens is 367 g/mol. The van der Waals surface area contributed by atoms with Crippen molar-refractivity contribution < 1.29 is 17.5 Å². The maximum atomic E-state index is 15.1. The number of ether oxygens (including phenoxy) is 1. The summed E-state index contributed by atoms with van der Waals surface area (Å²) in [7, 11) is -3.62. The summed E-state index contributed by atoms with van der Waals surface area (Å²) in [6.45, 7) is 3.68. The Morgan fingerprint density at radius 1 is 1.19 bits per heavy atom. The van der Waals surface area contributed by atoms with E-state index in [-0.39, 0.29) is 15.8 Å². The normalized spacial score (nSPS) is 25.6. The lowest BCUT2D eigenvalue weighted by Crippen LogP contribution is -2.59. The highest BCUT2D eigenvalue weighted by molar-refractivity contribution is 7.91. The molecule has 2 aliphatic rings. The molecule has 0 bridgehead atoms. The number of halogens is 1. The van der Waals surface area contributed by atoms with E-state index in [0.717, 1.165) is 12.2 Å². The van der Waals surface area contributed by atoms with E-state index in [1.807, 2.05) is 4.90 Å². The SMILES string of the molecule is CC1(F)CNCCC1N1CCOc2cc(S(=O)(=O)c3ccccc3)ccc21. The topological polar surface area (TPSA) is 58.6 Å². The van der Waals surface area contributed by atoms with E-state index in [9.17, 15) is 8.42 Å². The third kappa shape index (κ3) is 3.30. The largest absolute Gasteiger partial charge is 0.490 e. The number of anilines is 1. The van der Waals surface area contributed by atoms with Crippen molar-refractivity contribution >= 4 is 15.5 Å². The Morgan fingerprint density at radius 2 is 1.96 bits per heavy atom. The maximum absolute atomic E-state index is 15.1. The molecule has 1 N–H and O–H groups in total. The Hall–Kier alpha value is -2.12. The number of alkyl halides is 1. The third-order valence-electron chi connectivity index (χ3n) is 5.33. The van der Waals surface area contributed by atoms with Crippen LogP contribution in [0.2, 0.25) is 0 Å². The summed E-state index contributed by atoms with van der Waals surface area (Å²) in [4.78, 5) is 2.45. The molecule has 7 heteroatoms. The van der Waals surface area contributed by atoms with Gasteiger partial charge < -0.3 is 15.0 Å². The molecule has 1 saturated heterocycles. The fourth-order valence-corrected chi connectivity index (χ4v) is 5.22. The number of sulfone groups is 1. The molecule has 4 rings (SSSR count). The summed E-state index contributed by atoms with van der Waals surface area (Å²) in [5.41, 5.74) is -0.606. The first-order valence-electron chi connectivity index (χ1n) is 9.13. The predicted octanol–water partition coefficient (Wildman–Crippen LogP) is 2.81. The minimum absolute atomic E-state index is 0.183. The number of piperidine rings is 1. The molecule has 0 saturated carbocycles. The van der Waals surface area contributed by atoms with Gasteiger partial charge in [-0.15, -0.1) is 0 Å². The zero-order chi connectivity index (χ0) is 19.1. The van der Waals surface area contributed by atoms with E-state index in [1.165, 1.54) is 0 Å². The fraction of sp³-hybridized carbons (Fsp3) is 0.400. The monoisotopic (exact) mass is 390 g/mol. The average molecular weight is 390 g/mol. The van der Waals surface area contributed by atoms with Gasteiger partial charge in [-0.05, 0) is 44.2 Å². The van der Waals surface area contributed by atoms with Crippen LogP contribution < -0.4 is 15.0 Å². The molecule has 2 aromatic carbocycles. The number of nitrogens with one attached hydrogen (secondary N) is 1. The van der Waals surface area contributed by atoms with E-state index in [1.54, 1.807) is 55.5 Å². The van der Waals surface area contributed by atoms with Gasteiger partial charge in [0.15, 0.2) is 0 Å². The molecular formula is C20H23FN2O3S. The number of nitrogens with zero attached hydrogens (tertiary/aromatic N) is 1. The van der Waals surface area contributed by atoms with Crippen molar-refractivity contribution in [2.45, 2.75) is 34.8 Å². The van der Waals surface area contributed by atoms with Gasteiger partial charge in [-0.2, -0.15) is 0 Å². The molecule has 0 radical (unpaired) electrons. The minimum Gasteiger partial charge on any atom is -0.490 e. The standard InChI is InChI=1S/C20H23FN2O3S/c1-20(21)14-22-10-9-19(20)23-11-12-26-18-13-16(7-8-17(18)23)27(24,25)15-5-3-2-4-6-15/h2-8,13,19,22H,9-12,14H2,1H3. The van der Waals surface area contributed by atoms with E-state index in [4.69, 9.17) is 4.74 Å². The van der Waals surface area contributed by atoms with Gasteiger partial charge in [0, 0.05) is 12.6 Å². The van der Waals surface area contributed by atoms with E-state index < -0.39 is 15.5 Å². The molecule has 2 unspecified atom stereocenters. The Kier molecular flexibility index (Phi) is 4.60. The lowest BCUT2D eigenvalue weighted by Gasteiger charge is -2.45. The van der Waals surface area contributed by atoms with Crippen molar-refractivity contribution in [3.63, 3.8) is 0 Å². The summed E-state index contributed by atoms with van der Waals surface area (Å²) in [6, 6.07) is 12.9. The highest BCUT2D eigenvalue weighted by atomic mass is 32.2. The molecule has 2 heterocycles. The Bertz CT molecular complexity index is 931. The number of benzene rings is 2. The highest BCUT2D eigenvalue weighted by Crippen LogP contribution is 2.39. The van der Waals surface area contributed by atoms with Crippen LogP contribution in [0.5, 0.6) is 5.75 Å². The first-order valence-corrected chi connectivity index (χ1v) is 10.6. The fourth-order valence-electron chi connectivity index (χ4n) is 3.92. The summed E-state index contributed by atoms with van der Waals surface area (Å²) in [5, 5.41) is 3.10. The van der Waals surface area contributed by atoms with Crippen molar-refractivity contribution in [2.75, 3.05) is 31.1 Å². The first-order chi connectivity index (χ1) is 12.9. The summed E-state index contributed by atoms with van der Waals surface area (Å²) in [6.07, 6.45) is 0.691. The zero-order valence-electron chi connectivity index (χ0n) is 15.2. The Morgan fingerprint density at radius 3 is 2.70 bits per heavy atom. The second kappa shape index (κ2) is 6.80. The number of rotatable bonds is 3. The zero-order valence-corrected chi connectivity index (χ0v) is 16.0. The second-order valence-corrected chi connectivity index (χ2v) is 9.20. The Balaban J connectivity index is 1.70. The maximum Gasteiger partial charge on any atom is 0.206 e. The molecule has 2 aromatic rings. The molecule has 2 atom stereocenters. The van der Waals surface area contributed by atoms with Crippen molar-refractivity contribution in [3.8, 4) is 5.75 Å². The number of hydrogen-bond acceptors (Lipinski definition) is 5. The average Bonchev–Trinajstić information content (AvgIpc) is 2.67. The molecule has 1 fully saturated rings. The van der Waals surface area contributed by atoms with Crippen LogP contribution in [0.15, 0.2) is 58.3 Å². The van der Waals surface area contributed by atoms with Crippen molar-refractivity contribution in [1.29, 1.82) is 0 Å². The predicted molar refractivity (Wildman–Crippen MR) is 102 cm³/mol. The highest BCUT2D eigenvalue weighted by Gasteiger charge is 2.42. The van der Waals surface area contributed by atoms with Crippen LogP contribution in [0.25, 0.3) is 0 Å². The van der Waals surface area contributed by atoms with Crippen molar-refractivity contribution in [3.05, 3.63) is 48.5 Å². The molecule has 5 nitrogen and oxygen atoms in total. The summed E-state index contributed by atoms with van der Waals surface area (Å²) >= 11 is 0. The summed E-state index contributed by atoms with van der Waals surface area (Å²) < 4.78 is 46.5. The molecule has 0 spiro atoms. The minimum atomic E-state index is -3.62. The molecule has 0 aliphatic carbocycles. The summed E-state index contributed by atoms with van der Waals surface area (Å²) in [5.74, 6) is 0.493. The van der Waals surface area contributed by atoms with Crippen LogP contribution in [-0.4, -0.2) is 46.4 Å². The van der Waals surface area contributed by atoms with Gasteiger partial charge >= 0.3 is 0 Å². The lowest BCUT2D eigenvalue weighted by atomic mass is 9.90. The quantitative estimate of drug-likeness (QED) is 0.873. The molecule has 0 amide bonds. The number of fused-ring (bicyclic) bond motifs is 1. The molecule has 144 valence electrons. The molecule has 2 aliphatic heterocycles. The first kappa shape index (κ1) is 18.3. The van der Waals surface area contributed by atoms with Gasteiger partial charge in [-0.25, -0.2) is 12.8 Å². The van der Waals surface area contributed by atoms with E-state index in [2.05, 4.69) is 5.32 Å². The van der Waals surface area contributed by atoms with Gasteiger partial charge in [-0.1, -0.05) is 18.2 Å². The van der Waals surface area contributed by atoms with Gasteiger partial charge in [0.25, 0.3) is 0 Å². The van der Waals surface area contributed by atoms with Gasteiger partial charge in [0.1, 0.15) is 18.0 Å². The molecule has 0 aromatic heterocycles.